The number of halogens is 4. The van der Waals surface area contributed by atoms with Crippen molar-refractivity contribution in [1.29, 1.82) is 0 Å². The van der Waals surface area contributed by atoms with Crippen LogP contribution < -0.4 is 10.6 Å². The Morgan fingerprint density at radius 1 is 0.955 bits per heavy atom. The molecule has 2 aliphatic heterocycles. The van der Waals surface area contributed by atoms with Crippen LogP contribution in [0.15, 0.2) is 36.4 Å². The van der Waals surface area contributed by atoms with E-state index in [1.165, 1.54) is 6.07 Å². The van der Waals surface area contributed by atoms with Gasteiger partial charge in [-0.15, -0.1) is 0 Å². The minimum absolute atomic E-state index is 0.0438. The second kappa shape index (κ2) is 20.0. The van der Waals surface area contributed by atoms with Gasteiger partial charge in [-0.05, 0) is 83.5 Å². The molecule has 248 valence electrons. The van der Waals surface area contributed by atoms with Gasteiger partial charge in [-0.1, -0.05) is 47.5 Å². The lowest BCUT2D eigenvalue weighted by Gasteiger charge is -2.40. The largest absolute Gasteiger partial charge is 0.385 e. The molecule has 0 bridgehead atoms. The number of hydrogen-bond donors (Lipinski definition) is 3. The van der Waals surface area contributed by atoms with E-state index in [9.17, 15) is 13.9 Å². The molecule has 4 rings (SSSR count). The van der Waals surface area contributed by atoms with Crippen LogP contribution in [0.1, 0.15) is 75.5 Å². The van der Waals surface area contributed by atoms with E-state index in [0.29, 0.717) is 44.0 Å². The summed E-state index contributed by atoms with van der Waals surface area (Å²) in [5.74, 6) is -0.514. The summed E-state index contributed by atoms with van der Waals surface area (Å²) in [5.41, 5.74) is -0.0155. The number of unbranched alkanes of at least 4 members (excludes halogenated alkanes) is 1. The Bertz CT molecular complexity index is 1100. The first-order chi connectivity index (χ1) is 21.3. The summed E-state index contributed by atoms with van der Waals surface area (Å²) >= 11 is 12.1. The van der Waals surface area contributed by atoms with Gasteiger partial charge in [-0.3, -0.25) is 0 Å². The zero-order valence-electron chi connectivity index (χ0n) is 26.2. The minimum Gasteiger partial charge on any atom is -0.385 e. The predicted molar refractivity (Wildman–Crippen MR) is 173 cm³/mol. The van der Waals surface area contributed by atoms with Gasteiger partial charge in [-0.2, -0.15) is 0 Å². The van der Waals surface area contributed by atoms with Crippen molar-refractivity contribution in [1.82, 2.24) is 10.6 Å². The first kappa shape index (κ1) is 37.1. The molecule has 0 aliphatic carbocycles. The second-order valence-electron chi connectivity index (χ2n) is 11.6. The molecule has 2 aromatic rings. The number of aliphatic hydroxyl groups is 1. The van der Waals surface area contributed by atoms with E-state index >= 15 is 0 Å². The quantitative estimate of drug-likeness (QED) is 0.173. The first-order valence-corrected chi connectivity index (χ1v) is 16.8. The van der Waals surface area contributed by atoms with Crippen molar-refractivity contribution >= 4 is 23.2 Å². The summed E-state index contributed by atoms with van der Waals surface area (Å²) in [4.78, 5) is 0. The fourth-order valence-electron chi connectivity index (χ4n) is 6.17. The fraction of sp³-hybridized carbons (Fsp3) is 0.647. The summed E-state index contributed by atoms with van der Waals surface area (Å²) < 4.78 is 44.6. The van der Waals surface area contributed by atoms with Gasteiger partial charge in [0.1, 0.15) is 11.6 Å². The number of piperidine rings is 2. The van der Waals surface area contributed by atoms with Crippen LogP contribution in [0, 0.1) is 23.5 Å². The van der Waals surface area contributed by atoms with Crippen LogP contribution in [0.4, 0.5) is 8.78 Å². The Hall–Kier alpha value is -1.36. The van der Waals surface area contributed by atoms with Crippen molar-refractivity contribution in [3.8, 4) is 0 Å². The van der Waals surface area contributed by atoms with Crippen LogP contribution in [0.5, 0.6) is 0 Å². The Morgan fingerprint density at radius 3 is 2.39 bits per heavy atom. The number of hydrogen-bond acceptors (Lipinski definition) is 6. The average molecular weight is 660 g/mol. The lowest BCUT2D eigenvalue weighted by molar-refractivity contribution is -0.0435. The smallest absolute Gasteiger partial charge is 0.147 e. The van der Waals surface area contributed by atoms with Gasteiger partial charge in [0.2, 0.25) is 0 Å². The maximum Gasteiger partial charge on any atom is 0.147 e. The van der Waals surface area contributed by atoms with Gasteiger partial charge in [0.25, 0.3) is 0 Å². The summed E-state index contributed by atoms with van der Waals surface area (Å²) in [7, 11) is 1.67. The molecule has 0 spiro atoms. The van der Waals surface area contributed by atoms with Gasteiger partial charge in [0, 0.05) is 69.6 Å². The van der Waals surface area contributed by atoms with Crippen LogP contribution in [0.25, 0.3) is 0 Å². The third kappa shape index (κ3) is 10.9. The molecule has 6 nitrogen and oxygen atoms in total. The van der Waals surface area contributed by atoms with Crippen molar-refractivity contribution in [2.45, 2.75) is 70.0 Å². The molecular weight excluding hydrogens is 609 g/mol. The molecule has 0 aromatic heterocycles. The SMILES string of the molecule is CCOCCCO[C@@H](c1cccc(Cl)c1F)[C@@H]1CCCNC1.COCCCC[C@@](O)(c1cccc(F)c1Cl)[C@@H]1CCCNC1. The molecule has 4 atom stereocenters. The maximum absolute atomic E-state index is 14.4. The van der Waals surface area contributed by atoms with Crippen LogP contribution in [-0.4, -0.2) is 64.8 Å². The molecule has 2 fully saturated rings. The number of rotatable bonds is 15. The highest BCUT2D eigenvalue weighted by Gasteiger charge is 2.40. The van der Waals surface area contributed by atoms with E-state index in [0.717, 1.165) is 71.1 Å². The topological polar surface area (TPSA) is 72.0 Å². The second-order valence-corrected chi connectivity index (χ2v) is 12.4. The molecule has 10 heteroatoms. The van der Waals surface area contributed by atoms with E-state index in [1.54, 1.807) is 37.4 Å². The van der Waals surface area contributed by atoms with Crippen molar-refractivity contribution < 1.29 is 28.1 Å². The molecule has 2 saturated heterocycles. The van der Waals surface area contributed by atoms with Crippen LogP contribution in [-0.2, 0) is 19.8 Å². The van der Waals surface area contributed by atoms with E-state index in [1.807, 2.05) is 6.92 Å². The van der Waals surface area contributed by atoms with Crippen molar-refractivity contribution in [2.24, 2.45) is 11.8 Å². The number of benzene rings is 2. The highest BCUT2D eigenvalue weighted by atomic mass is 35.5. The average Bonchev–Trinajstić information content (AvgIpc) is 3.05. The highest BCUT2D eigenvalue weighted by Crippen LogP contribution is 2.42. The fourth-order valence-corrected chi connectivity index (χ4v) is 6.64. The molecular formula is C34H50Cl2F2N2O4. The number of nitrogens with one attached hydrogen (secondary N) is 2. The summed E-state index contributed by atoms with van der Waals surface area (Å²) in [6.45, 7) is 8.14. The summed E-state index contributed by atoms with van der Waals surface area (Å²) in [6, 6.07) is 9.84. The lowest BCUT2D eigenvalue weighted by Crippen LogP contribution is -2.44. The molecule has 0 unspecified atom stereocenters. The Labute approximate surface area is 272 Å². The third-order valence-corrected chi connectivity index (χ3v) is 9.21. The van der Waals surface area contributed by atoms with Crippen LogP contribution >= 0.6 is 23.2 Å². The van der Waals surface area contributed by atoms with Crippen molar-refractivity contribution in [3.63, 3.8) is 0 Å². The van der Waals surface area contributed by atoms with E-state index < -0.39 is 11.4 Å². The molecule has 2 aliphatic rings. The molecule has 2 heterocycles. The molecule has 3 N–H and O–H groups in total. The molecule has 44 heavy (non-hydrogen) atoms. The Morgan fingerprint density at radius 2 is 1.70 bits per heavy atom. The predicted octanol–water partition coefficient (Wildman–Crippen LogP) is 7.45. The molecule has 2 aromatic carbocycles. The van der Waals surface area contributed by atoms with Gasteiger partial charge < -0.3 is 30.0 Å². The van der Waals surface area contributed by atoms with E-state index in [2.05, 4.69) is 10.6 Å². The number of methoxy groups -OCH3 is 1. The van der Waals surface area contributed by atoms with Crippen LogP contribution in [0.2, 0.25) is 10.0 Å². The van der Waals surface area contributed by atoms with Crippen molar-refractivity contribution in [3.05, 3.63) is 69.2 Å². The monoisotopic (exact) mass is 658 g/mol. The van der Waals surface area contributed by atoms with E-state index in [-0.39, 0.29) is 33.8 Å². The highest BCUT2D eigenvalue weighted by molar-refractivity contribution is 6.31. The molecule has 0 saturated carbocycles. The Balaban J connectivity index is 0.000000240. The van der Waals surface area contributed by atoms with Gasteiger partial charge in [0.05, 0.1) is 21.8 Å². The zero-order chi connectivity index (χ0) is 31.8. The first-order valence-electron chi connectivity index (χ1n) is 16.0. The van der Waals surface area contributed by atoms with Gasteiger partial charge >= 0.3 is 0 Å². The minimum atomic E-state index is -1.10. The number of ether oxygens (including phenoxy) is 3. The maximum atomic E-state index is 14.4. The summed E-state index contributed by atoms with van der Waals surface area (Å²) in [6.07, 6.45) is 6.85. The molecule has 0 amide bonds. The van der Waals surface area contributed by atoms with Crippen LogP contribution in [0.3, 0.4) is 0 Å². The summed E-state index contributed by atoms with van der Waals surface area (Å²) in [5, 5.41) is 18.3. The lowest BCUT2D eigenvalue weighted by atomic mass is 9.74. The zero-order valence-corrected chi connectivity index (χ0v) is 27.7. The third-order valence-electron chi connectivity index (χ3n) is 8.53. The van der Waals surface area contributed by atoms with Gasteiger partial charge in [-0.25, -0.2) is 8.78 Å². The standard InChI is InChI=1S/2C17H25ClFNO2/c1-22-11-3-2-9-17(21,13-6-5-10-20-12-13)14-7-4-8-15(19)16(14)18;1-2-21-10-5-11-22-17(13-6-4-9-20-12-13)14-7-3-8-15(18)16(14)19/h4,7-8,13,20-21H,2-3,5-6,9-12H2,1H3;3,7-8,13,17,20H,2,4-6,9-12H2,1H3/t13-,17+;13-,17-/m11/s1. The molecule has 0 radical (unpaired) electrons. The van der Waals surface area contributed by atoms with E-state index in [4.69, 9.17) is 37.4 Å². The van der Waals surface area contributed by atoms with Gasteiger partial charge in [0.15, 0.2) is 0 Å². The van der Waals surface area contributed by atoms with Crippen molar-refractivity contribution in [2.75, 3.05) is 59.7 Å². The normalized spacial score (nSPS) is 20.8. The Kier molecular flexibility index (Phi) is 16.9.